The van der Waals surface area contributed by atoms with Gasteiger partial charge in [-0.15, -0.1) is 0 Å². The van der Waals surface area contributed by atoms with Gasteiger partial charge in [-0.05, 0) is 13.3 Å². The van der Waals surface area contributed by atoms with Gasteiger partial charge >= 0.3 is 0 Å². The van der Waals surface area contributed by atoms with Crippen molar-refractivity contribution in [2.75, 3.05) is 36.5 Å². The maximum Gasteiger partial charge on any atom is 0.138 e. The lowest BCUT2D eigenvalue weighted by atomic mass is 9.96. The van der Waals surface area contributed by atoms with E-state index in [0.717, 1.165) is 43.5 Å². The van der Waals surface area contributed by atoms with Gasteiger partial charge in [-0.2, -0.15) is 0 Å². The zero-order valence-corrected chi connectivity index (χ0v) is 13.0. The molecular formula is C15H26N4O. The molecule has 0 saturated carbocycles. The fourth-order valence-electron chi connectivity index (χ4n) is 2.39. The van der Waals surface area contributed by atoms with E-state index in [1.165, 1.54) is 0 Å². The van der Waals surface area contributed by atoms with Crippen LogP contribution in [0.5, 0.6) is 0 Å². The minimum absolute atomic E-state index is 0.0731. The standard InChI is InChI=1S/C15H26N4O/c1-5-16-12-8-13(18-14(17-12)15(2,3)4)19-7-6-11(9-19)10-20/h8,11,20H,5-7,9-10H2,1-4H3,(H,16,17,18). The summed E-state index contributed by atoms with van der Waals surface area (Å²) in [5.41, 5.74) is -0.0731. The molecular weight excluding hydrogens is 252 g/mol. The van der Waals surface area contributed by atoms with Crippen molar-refractivity contribution in [3.63, 3.8) is 0 Å². The van der Waals surface area contributed by atoms with E-state index < -0.39 is 0 Å². The predicted octanol–water partition coefficient (Wildman–Crippen LogP) is 2.02. The second-order valence-electron chi connectivity index (χ2n) is 6.50. The normalized spacial score (nSPS) is 19.4. The van der Waals surface area contributed by atoms with Crippen LogP contribution in [0.1, 0.15) is 39.9 Å². The molecule has 2 rings (SSSR count). The van der Waals surface area contributed by atoms with Crippen molar-refractivity contribution < 1.29 is 5.11 Å². The van der Waals surface area contributed by atoms with E-state index in [0.29, 0.717) is 5.92 Å². The van der Waals surface area contributed by atoms with E-state index in [2.05, 4.69) is 42.9 Å². The largest absolute Gasteiger partial charge is 0.396 e. The molecule has 112 valence electrons. The van der Waals surface area contributed by atoms with Crippen LogP contribution < -0.4 is 10.2 Å². The summed E-state index contributed by atoms with van der Waals surface area (Å²) < 4.78 is 0. The Hall–Kier alpha value is -1.36. The smallest absolute Gasteiger partial charge is 0.138 e. The molecule has 0 bridgehead atoms. The lowest BCUT2D eigenvalue weighted by Gasteiger charge is -2.23. The Labute approximate surface area is 121 Å². The Morgan fingerprint density at radius 1 is 1.40 bits per heavy atom. The van der Waals surface area contributed by atoms with E-state index in [4.69, 9.17) is 4.98 Å². The van der Waals surface area contributed by atoms with Crippen molar-refractivity contribution in [2.45, 2.75) is 39.5 Å². The summed E-state index contributed by atoms with van der Waals surface area (Å²) in [6.45, 7) is 11.4. The van der Waals surface area contributed by atoms with Crippen LogP contribution in [-0.4, -0.2) is 41.3 Å². The average Bonchev–Trinajstić information content (AvgIpc) is 2.86. The van der Waals surface area contributed by atoms with Gasteiger partial charge < -0.3 is 15.3 Å². The summed E-state index contributed by atoms with van der Waals surface area (Å²) in [6.07, 6.45) is 1.03. The van der Waals surface area contributed by atoms with E-state index >= 15 is 0 Å². The van der Waals surface area contributed by atoms with Gasteiger partial charge in [-0.25, -0.2) is 9.97 Å². The first-order valence-electron chi connectivity index (χ1n) is 7.43. The molecule has 2 heterocycles. The third-order valence-electron chi connectivity index (χ3n) is 3.61. The Kier molecular flexibility index (Phi) is 4.48. The van der Waals surface area contributed by atoms with Crippen molar-refractivity contribution >= 4 is 11.6 Å². The van der Waals surface area contributed by atoms with Crippen molar-refractivity contribution in [3.8, 4) is 0 Å². The molecule has 1 aromatic heterocycles. The first-order chi connectivity index (χ1) is 9.44. The Morgan fingerprint density at radius 2 is 2.15 bits per heavy atom. The monoisotopic (exact) mass is 278 g/mol. The summed E-state index contributed by atoms with van der Waals surface area (Å²) in [5.74, 6) is 3.08. The molecule has 1 unspecified atom stereocenters. The molecule has 1 aliphatic rings. The molecule has 1 aromatic rings. The van der Waals surface area contributed by atoms with E-state index in [1.54, 1.807) is 0 Å². The first kappa shape index (κ1) is 15.0. The molecule has 20 heavy (non-hydrogen) atoms. The summed E-state index contributed by atoms with van der Waals surface area (Å²) >= 11 is 0. The predicted molar refractivity (Wildman–Crippen MR) is 82.3 cm³/mol. The molecule has 2 N–H and O–H groups in total. The van der Waals surface area contributed by atoms with Gasteiger partial charge in [0.15, 0.2) is 0 Å². The summed E-state index contributed by atoms with van der Waals surface area (Å²) in [5, 5.41) is 12.6. The molecule has 1 fully saturated rings. The van der Waals surface area contributed by atoms with Crippen LogP contribution in [0.15, 0.2) is 6.07 Å². The van der Waals surface area contributed by atoms with Crippen LogP contribution in [0.25, 0.3) is 0 Å². The second kappa shape index (κ2) is 5.95. The zero-order chi connectivity index (χ0) is 14.8. The summed E-state index contributed by atoms with van der Waals surface area (Å²) in [4.78, 5) is 11.6. The highest BCUT2D eigenvalue weighted by Gasteiger charge is 2.25. The van der Waals surface area contributed by atoms with Crippen molar-refractivity contribution in [2.24, 2.45) is 5.92 Å². The van der Waals surface area contributed by atoms with Crippen LogP contribution >= 0.6 is 0 Å². The van der Waals surface area contributed by atoms with Gasteiger partial charge in [0, 0.05) is 43.6 Å². The molecule has 1 saturated heterocycles. The minimum Gasteiger partial charge on any atom is -0.396 e. The number of rotatable bonds is 4. The highest BCUT2D eigenvalue weighted by atomic mass is 16.3. The fourth-order valence-corrected chi connectivity index (χ4v) is 2.39. The van der Waals surface area contributed by atoms with E-state index in [-0.39, 0.29) is 12.0 Å². The van der Waals surface area contributed by atoms with Gasteiger partial charge in [0.05, 0.1) is 0 Å². The van der Waals surface area contributed by atoms with Gasteiger partial charge in [0.25, 0.3) is 0 Å². The van der Waals surface area contributed by atoms with Crippen molar-refractivity contribution in [1.82, 2.24) is 9.97 Å². The number of aliphatic hydroxyl groups excluding tert-OH is 1. The summed E-state index contributed by atoms with van der Waals surface area (Å²) in [6, 6.07) is 2.01. The number of hydrogen-bond acceptors (Lipinski definition) is 5. The van der Waals surface area contributed by atoms with Gasteiger partial charge in [-0.1, -0.05) is 20.8 Å². The number of nitrogens with one attached hydrogen (secondary N) is 1. The molecule has 0 aliphatic carbocycles. The van der Waals surface area contributed by atoms with E-state index in [1.807, 2.05) is 6.07 Å². The number of hydrogen-bond donors (Lipinski definition) is 2. The van der Waals surface area contributed by atoms with Crippen LogP contribution in [0.4, 0.5) is 11.6 Å². The highest BCUT2D eigenvalue weighted by molar-refractivity contribution is 5.50. The molecule has 0 spiro atoms. The number of aromatic nitrogens is 2. The lowest BCUT2D eigenvalue weighted by Crippen LogP contribution is -2.25. The van der Waals surface area contributed by atoms with Crippen LogP contribution in [0.2, 0.25) is 0 Å². The molecule has 0 amide bonds. The molecule has 0 aromatic carbocycles. The topological polar surface area (TPSA) is 61.3 Å². The molecule has 0 radical (unpaired) electrons. The third-order valence-corrected chi connectivity index (χ3v) is 3.61. The van der Waals surface area contributed by atoms with Crippen molar-refractivity contribution in [3.05, 3.63) is 11.9 Å². The Morgan fingerprint density at radius 3 is 2.70 bits per heavy atom. The quantitative estimate of drug-likeness (QED) is 0.882. The third kappa shape index (κ3) is 3.39. The fraction of sp³-hybridized carbons (Fsp3) is 0.733. The first-order valence-corrected chi connectivity index (χ1v) is 7.43. The Balaban J connectivity index is 2.30. The van der Waals surface area contributed by atoms with Crippen LogP contribution in [-0.2, 0) is 5.41 Å². The molecule has 1 atom stereocenters. The Bertz CT molecular complexity index is 456. The van der Waals surface area contributed by atoms with Crippen LogP contribution in [0, 0.1) is 5.92 Å². The lowest BCUT2D eigenvalue weighted by molar-refractivity contribution is 0.238. The van der Waals surface area contributed by atoms with Gasteiger partial charge in [0.1, 0.15) is 17.5 Å². The van der Waals surface area contributed by atoms with E-state index in [9.17, 15) is 5.11 Å². The molecule has 5 heteroatoms. The maximum atomic E-state index is 9.28. The van der Waals surface area contributed by atoms with Crippen molar-refractivity contribution in [1.29, 1.82) is 0 Å². The average molecular weight is 278 g/mol. The summed E-state index contributed by atoms with van der Waals surface area (Å²) in [7, 11) is 0. The zero-order valence-electron chi connectivity index (χ0n) is 13.0. The van der Waals surface area contributed by atoms with Gasteiger partial charge in [0.2, 0.25) is 0 Å². The second-order valence-corrected chi connectivity index (χ2v) is 6.50. The number of anilines is 2. The number of nitrogens with zero attached hydrogens (tertiary/aromatic N) is 3. The van der Waals surface area contributed by atoms with Crippen LogP contribution in [0.3, 0.4) is 0 Å². The maximum absolute atomic E-state index is 9.28. The minimum atomic E-state index is -0.0731. The van der Waals surface area contributed by atoms with Gasteiger partial charge in [-0.3, -0.25) is 0 Å². The SMILES string of the molecule is CCNc1cc(N2CCC(CO)C2)nc(C(C)(C)C)n1. The highest BCUT2D eigenvalue weighted by Crippen LogP contribution is 2.27. The molecule has 1 aliphatic heterocycles. The molecule has 5 nitrogen and oxygen atoms in total. The number of aliphatic hydroxyl groups is 1.